The van der Waals surface area contributed by atoms with E-state index in [0.29, 0.717) is 0 Å². The molecule has 1 aromatic rings. The summed E-state index contributed by atoms with van der Waals surface area (Å²) in [5.74, 6) is 1.71. The number of hydrogen-bond acceptors (Lipinski definition) is 5. The number of anilines is 2. The summed E-state index contributed by atoms with van der Waals surface area (Å²) in [6.07, 6.45) is 2.97. The van der Waals surface area contributed by atoms with Gasteiger partial charge in [-0.2, -0.15) is 4.98 Å². The van der Waals surface area contributed by atoms with Crippen molar-refractivity contribution in [1.82, 2.24) is 15.3 Å². The Morgan fingerprint density at radius 1 is 1.24 bits per heavy atom. The Bertz CT molecular complexity index is 326. The van der Waals surface area contributed by atoms with Crippen molar-refractivity contribution in [2.45, 2.75) is 13.3 Å². The zero-order valence-electron chi connectivity index (χ0n) is 11.3. The predicted molar refractivity (Wildman–Crippen MR) is 72.8 cm³/mol. The molecule has 5 nitrogen and oxygen atoms in total. The summed E-state index contributed by atoms with van der Waals surface area (Å²) < 4.78 is 0. The lowest BCUT2D eigenvalue weighted by Crippen LogP contribution is -2.30. The van der Waals surface area contributed by atoms with Crippen LogP contribution in [0.5, 0.6) is 0 Å². The molecule has 0 aliphatic carbocycles. The zero-order chi connectivity index (χ0) is 12.7. The van der Waals surface area contributed by atoms with Crippen molar-refractivity contribution in [3.8, 4) is 0 Å². The molecule has 1 rings (SSSR count). The topological polar surface area (TPSA) is 44.3 Å². The van der Waals surface area contributed by atoms with Crippen LogP contribution in [0.2, 0.25) is 0 Å². The Hall–Kier alpha value is -1.36. The van der Waals surface area contributed by atoms with Crippen LogP contribution in [0.15, 0.2) is 12.3 Å². The summed E-state index contributed by atoms with van der Waals surface area (Å²) in [6, 6.07) is 1.94. The average molecular weight is 237 g/mol. The number of likely N-dealkylation sites (N-methyl/N-ethyl adjacent to an activating group) is 1. The van der Waals surface area contributed by atoms with E-state index in [0.717, 1.165) is 31.4 Å². The molecule has 1 heterocycles. The van der Waals surface area contributed by atoms with E-state index in [1.54, 1.807) is 6.20 Å². The fourth-order valence-electron chi connectivity index (χ4n) is 1.43. The van der Waals surface area contributed by atoms with Crippen LogP contribution in [0.3, 0.4) is 0 Å². The maximum atomic E-state index is 4.48. The van der Waals surface area contributed by atoms with Gasteiger partial charge in [-0.1, -0.05) is 6.92 Å². The molecule has 0 atom stereocenters. The summed E-state index contributed by atoms with van der Waals surface area (Å²) in [6.45, 7) is 5.17. The fourth-order valence-corrected chi connectivity index (χ4v) is 1.43. The molecular weight excluding hydrogens is 214 g/mol. The maximum Gasteiger partial charge on any atom is 0.226 e. The molecule has 0 unspecified atom stereocenters. The highest BCUT2D eigenvalue weighted by molar-refractivity contribution is 5.42. The molecule has 1 aromatic heterocycles. The van der Waals surface area contributed by atoms with E-state index >= 15 is 0 Å². The van der Waals surface area contributed by atoms with Crippen LogP contribution < -0.4 is 15.1 Å². The van der Waals surface area contributed by atoms with Gasteiger partial charge in [-0.15, -0.1) is 0 Å². The van der Waals surface area contributed by atoms with Gasteiger partial charge in [0.15, 0.2) is 0 Å². The van der Waals surface area contributed by atoms with Crippen LogP contribution in [0.4, 0.5) is 11.8 Å². The van der Waals surface area contributed by atoms with E-state index < -0.39 is 0 Å². The molecule has 96 valence electrons. The minimum atomic E-state index is 0.746. The van der Waals surface area contributed by atoms with Crippen LogP contribution in [0, 0.1) is 0 Å². The summed E-state index contributed by atoms with van der Waals surface area (Å²) in [4.78, 5) is 12.7. The second-order valence-corrected chi connectivity index (χ2v) is 4.28. The van der Waals surface area contributed by atoms with Gasteiger partial charge in [0.1, 0.15) is 5.82 Å². The van der Waals surface area contributed by atoms with Crippen molar-refractivity contribution in [1.29, 1.82) is 0 Å². The molecule has 0 aliphatic heterocycles. The largest absolute Gasteiger partial charge is 0.358 e. The monoisotopic (exact) mass is 237 g/mol. The normalized spacial score (nSPS) is 10.4. The fraction of sp³-hybridized carbons (Fsp3) is 0.667. The highest BCUT2D eigenvalue weighted by atomic mass is 15.3. The molecule has 0 fully saturated rings. The molecule has 0 saturated carbocycles. The van der Waals surface area contributed by atoms with Gasteiger partial charge in [0.05, 0.1) is 0 Å². The zero-order valence-corrected chi connectivity index (χ0v) is 11.3. The van der Waals surface area contributed by atoms with E-state index in [-0.39, 0.29) is 0 Å². The van der Waals surface area contributed by atoms with Crippen molar-refractivity contribution in [2.75, 3.05) is 50.6 Å². The minimum absolute atomic E-state index is 0.746. The predicted octanol–water partition coefficient (Wildman–Crippen LogP) is 0.978. The number of nitrogens with one attached hydrogen (secondary N) is 1. The first-order valence-electron chi connectivity index (χ1n) is 6.07. The quantitative estimate of drug-likeness (QED) is 0.716. The first-order valence-corrected chi connectivity index (χ1v) is 6.07. The van der Waals surface area contributed by atoms with Crippen LogP contribution >= 0.6 is 0 Å². The minimum Gasteiger partial charge on any atom is -0.358 e. The maximum absolute atomic E-state index is 4.48. The van der Waals surface area contributed by atoms with E-state index in [2.05, 4.69) is 34.2 Å². The Balaban J connectivity index is 2.50. The number of rotatable bonds is 7. The van der Waals surface area contributed by atoms with Crippen molar-refractivity contribution >= 4 is 11.8 Å². The van der Waals surface area contributed by atoms with Gasteiger partial charge in [-0.05, 0) is 19.0 Å². The molecule has 0 bridgehead atoms. The smallest absolute Gasteiger partial charge is 0.226 e. The van der Waals surface area contributed by atoms with E-state index in [9.17, 15) is 0 Å². The summed E-state index contributed by atoms with van der Waals surface area (Å²) in [7, 11) is 5.94. The van der Waals surface area contributed by atoms with Gasteiger partial charge in [0.25, 0.3) is 0 Å². The lowest BCUT2D eigenvalue weighted by Gasteiger charge is -2.19. The van der Waals surface area contributed by atoms with Gasteiger partial charge >= 0.3 is 0 Å². The van der Waals surface area contributed by atoms with Crippen molar-refractivity contribution in [2.24, 2.45) is 0 Å². The molecule has 5 heteroatoms. The third-order valence-electron chi connectivity index (χ3n) is 2.47. The van der Waals surface area contributed by atoms with Crippen LogP contribution in [0.25, 0.3) is 0 Å². The highest BCUT2D eigenvalue weighted by Crippen LogP contribution is 2.11. The lowest BCUT2D eigenvalue weighted by atomic mass is 10.4. The molecule has 1 N–H and O–H groups in total. The number of nitrogens with zero attached hydrogens (tertiary/aromatic N) is 4. The van der Waals surface area contributed by atoms with E-state index in [4.69, 9.17) is 0 Å². The van der Waals surface area contributed by atoms with Gasteiger partial charge in [0, 0.05) is 40.4 Å². The molecule has 0 aromatic carbocycles. The van der Waals surface area contributed by atoms with Crippen molar-refractivity contribution < 1.29 is 0 Å². The molecule has 0 amide bonds. The van der Waals surface area contributed by atoms with Crippen LogP contribution in [-0.2, 0) is 0 Å². The van der Waals surface area contributed by atoms with Gasteiger partial charge in [-0.25, -0.2) is 4.98 Å². The van der Waals surface area contributed by atoms with Crippen LogP contribution in [-0.4, -0.2) is 50.7 Å². The van der Waals surface area contributed by atoms with Gasteiger partial charge < -0.3 is 15.1 Å². The van der Waals surface area contributed by atoms with E-state index in [1.807, 2.05) is 25.1 Å². The molecule has 17 heavy (non-hydrogen) atoms. The molecule has 0 spiro atoms. The Kier molecular flexibility index (Phi) is 5.69. The SMILES string of the molecule is CCCNCCN(C)c1ccnc(N(C)C)n1. The standard InChI is InChI=1S/C12H23N5/c1-5-7-13-9-10-17(4)11-6-8-14-12(15-11)16(2)3/h6,8,13H,5,7,9-10H2,1-4H3. The average Bonchev–Trinajstić information content (AvgIpc) is 2.34. The third-order valence-corrected chi connectivity index (χ3v) is 2.47. The molecule has 0 saturated heterocycles. The first kappa shape index (κ1) is 13.7. The molecule has 0 aliphatic rings. The van der Waals surface area contributed by atoms with Gasteiger partial charge in [0.2, 0.25) is 5.95 Å². The highest BCUT2D eigenvalue weighted by Gasteiger charge is 2.05. The third kappa shape index (κ3) is 4.56. The Labute approximate surface area is 104 Å². The number of hydrogen-bond donors (Lipinski definition) is 1. The van der Waals surface area contributed by atoms with Gasteiger partial charge in [-0.3, -0.25) is 0 Å². The first-order chi connectivity index (χ1) is 8.15. The van der Waals surface area contributed by atoms with Crippen molar-refractivity contribution in [3.05, 3.63) is 12.3 Å². The summed E-state index contributed by atoms with van der Waals surface area (Å²) >= 11 is 0. The molecule has 0 radical (unpaired) electrons. The Morgan fingerprint density at radius 3 is 2.65 bits per heavy atom. The van der Waals surface area contributed by atoms with Crippen molar-refractivity contribution in [3.63, 3.8) is 0 Å². The summed E-state index contributed by atoms with van der Waals surface area (Å²) in [5, 5.41) is 3.38. The molecular formula is C12H23N5. The summed E-state index contributed by atoms with van der Waals surface area (Å²) in [5.41, 5.74) is 0. The Morgan fingerprint density at radius 2 is 2.00 bits per heavy atom. The lowest BCUT2D eigenvalue weighted by molar-refractivity contribution is 0.663. The second kappa shape index (κ2) is 7.06. The van der Waals surface area contributed by atoms with E-state index in [1.165, 1.54) is 6.42 Å². The van der Waals surface area contributed by atoms with Crippen LogP contribution in [0.1, 0.15) is 13.3 Å². The number of aromatic nitrogens is 2. The second-order valence-electron chi connectivity index (χ2n) is 4.28.